The molecule has 3 unspecified atom stereocenters. The molecule has 6 aromatic heterocycles. The summed E-state index contributed by atoms with van der Waals surface area (Å²) in [5.41, 5.74) is 25.4. The summed E-state index contributed by atoms with van der Waals surface area (Å²) in [5.74, 6) is 5.51. The summed E-state index contributed by atoms with van der Waals surface area (Å²) in [4.78, 5) is 54.8. The minimum Gasteiger partial charge on any atom is -0.457 e. The largest absolute Gasteiger partial charge is 0.457 e. The molecule has 3 saturated heterocycles. The van der Waals surface area contributed by atoms with Crippen LogP contribution in [0.2, 0.25) is 0 Å². The number of nitrogen functional groups attached to an aromatic ring is 3. The third kappa shape index (κ3) is 15.9. The molecule has 9 heterocycles. The number of fused-ring (bicyclic) bond motifs is 3. The first-order valence-electron chi connectivity index (χ1n) is 34.2. The Morgan fingerprint density at radius 2 is 0.808 bits per heavy atom. The molecule has 12 aromatic rings. The Morgan fingerprint density at radius 3 is 1.15 bits per heavy atom. The number of carbonyl (C=O) groups is 2. The zero-order chi connectivity index (χ0) is 72.1. The van der Waals surface area contributed by atoms with Crippen molar-refractivity contribution >= 4 is 72.4 Å². The van der Waals surface area contributed by atoms with Gasteiger partial charge in [-0.25, -0.2) is 52.4 Å². The molecule has 3 fully saturated rings. The number of carbonyl (C=O) groups excluding carboxylic acids is 2. The average molecular weight is 1420 g/mol. The number of sulfonamides is 1. The topological polar surface area (TPSA) is 324 Å². The van der Waals surface area contributed by atoms with Crippen molar-refractivity contribution in [2.45, 2.75) is 63.6 Å². The quantitative estimate of drug-likeness (QED) is 0.0672. The van der Waals surface area contributed by atoms with Crippen LogP contribution in [0.25, 0.3) is 66.9 Å². The molecule has 3 aliphatic rings. The molecule has 0 aliphatic carbocycles. The average Bonchev–Trinajstić information content (AvgIpc) is 1.62. The van der Waals surface area contributed by atoms with Crippen LogP contribution >= 0.6 is 0 Å². The predicted octanol–water partition coefficient (Wildman–Crippen LogP) is 12.8. The smallest absolute Gasteiger partial charge is 0.246 e. The van der Waals surface area contributed by atoms with Gasteiger partial charge < -0.3 is 45.9 Å². The van der Waals surface area contributed by atoms with Crippen molar-refractivity contribution in [3.63, 3.8) is 0 Å². The minimum atomic E-state index is -3.51. The molecule has 26 nitrogen and oxygen atoms in total. The summed E-state index contributed by atoms with van der Waals surface area (Å²) in [7, 11) is -1.91. The number of likely N-dealkylation sites (tertiary alicyclic amines) is 2. The van der Waals surface area contributed by atoms with Gasteiger partial charge in [-0.05, 0) is 161 Å². The Morgan fingerprint density at radius 1 is 0.471 bits per heavy atom. The first-order chi connectivity index (χ1) is 50.7. The highest BCUT2D eigenvalue weighted by atomic mass is 32.2. The molecule has 0 saturated carbocycles. The highest BCUT2D eigenvalue weighted by Gasteiger charge is 2.33. The van der Waals surface area contributed by atoms with Crippen LogP contribution in [0.15, 0.2) is 219 Å². The maximum absolute atomic E-state index is 12.7. The van der Waals surface area contributed by atoms with Gasteiger partial charge >= 0.3 is 0 Å². The Bertz CT molecular complexity index is 5160. The molecular formula is C77H78N18O8S. The molecule has 27 heteroatoms. The molecule has 104 heavy (non-hydrogen) atoms. The first-order valence-corrected chi connectivity index (χ1v) is 35.7. The molecule has 0 bridgehead atoms. The van der Waals surface area contributed by atoms with E-state index in [2.05, 4.69) is 36.5 Å². The van der Waals surface area contributed by atoms with Crippen molar-refractivity contribution in [2.75, 3.05) is 70.2 Å². The van der Waals surface area contributed by atoms with Gasteiger partial charge in [0.15, 0.2) is 16.9 Å². The number of hydrogen-bond acceptors (Lipinski definition) is 20. The monoisotopic (exact) mass is 1410 g/mol. The maximum atomic E-state index is 12.7. The Balaban J connectivity index is 0.000000139. The van der Waals surface area contributed by atoms with Gasteiger partial charge in [0, 0.05) is 74.6 Å². The fourth-order valence-corrected chi connectivity index (χ4v) is 14.0. The third-order valence-corrected chi connectivity index (χ3v) is 19.6. The molecular weight excluding hydrogens is 1340 g/mol. The third-order valence-electron chi connectivity index (χ3n) is 18.1. The van der Waals surface area contributed by atoms with E-state index in [1.807, 2.05) is 190 Å². The van der Waals surface area contributed by atoms with E-state index in [9.17, 15) is 18.0 Å². The highest BCUT2D eigenvalue weighted by molar-refractivity contribution is 7.92. The highest BCUT2D eigenvalue weighted by Crippen LogP contribution is 2.39. The summed E-state index contributed by atoms with van der Waals surface area (Å²) in [6, 6.07) is 51.6. The molecule has 2 amide bonds. The van der Waals surface area contributed by atoms with Crippen molar-refractivity contribution in [1.82, 2.24) is 73.4 Å². The van der Waals surface area contributed by atoms with Crippen molar-refractivity contribution < 1.29 is 37.0 Å². The Kier molecular flexibility index (Phi) is 21.7. The van der Waals surface area contributed by atoms with Crippen LogP contribution < -0.4 is 31.4 Å². The number of ether oxygens (including phenoxy) is 4. The second-order valence-corrected chi connectivity index (χ2v) is 26.8. The van der Waals surface area contributed by atoms with Gasteiger partial charge in [0.1, 0.15) is 88.0 Å². The summed E-state index contributed by atoms with van der Waals surface area (Å²) >= 11 is 0. The lowest BCUT2D eigenvalue weighted by Gasteiger charge is -2.32. The zero-order valence-electron chi connectivity index (χ0n) is 57.5. The van der Waals surface area contributed by atoms with Crippen LogP contribution in [0.4, 0.5) is 17.5 Å². The molecule has 6 N–H and O–H groups in total. The molecule has 3 atom stereocenters. The van der Waals surface area contributed by atoms with Crippen LogP contribution in [0, 0.1) is 0 Å². The second kappa shape index (κ2) is 32.2. The number of anilines is 3. The molecule has 0 radical (unpaired) electrons. The molecule has 0 spiro atoms. The van der Waals surface area contributed by atoms with Crippen LogP contribution in [-0.2, 0) is 24.3 Å². The molecule has 15 rings (SSSR count). The van der Waals surface area contributed by atoms with Crippen LogP contribution in [-0.4, -0.2) is 147 Å². The van der Waals surface area contributed by atoms with Crippen molar-refractivity contribution in [3.8, 4) is 68.3 Å². The Hall–Kier alpha value is -12.2. The SMILES string of the molecule is C/C=C/C(=O)N1CCCC(n2nc(-c3ccc(Oc4ccccc4)cc3)c3c(N)ncnc32)C1.C=CS(=O)(=O)N1CCCC(n2nc(-c3ccc(Oc4ccccc4)cc3)c3c(N)ncnc32)C1.COC/C=C/C(=O)N1CCCC(n2nc(-c3ccc(Oc4ccccc4)cc3)c3c(N)ncnc32)C1. The zero-order valence-corrected chi connectivity index (χ0v) is 58.3. The van der Waals surface area contributed by atoms with E-state index in [-0.39, 0.29) is 29.9 Å². The van der Waals surface area contributed by atoms with E-state index >= 15 is 0 Å². The summed E-state index contributed by atoms with van der Waals surface area (Å²) in [5, 5.41) is 17.8. The van der Waals surface area contributed by atoms with Crippen LogP contribution in [0.1, 0.15) is 63.6 Å². The van der Waals surface area contributed by atoms with Crippen molar-refractivity contribution in [2.24, 2.45) is 0 Å². The number of benzene rings is 6. The van der Waals surface area contributed by atoms with Gasteiger partial charge in [0.2, 0.25) is 21.8 Å². The van der Waals surface area contributed by atoms with E-state index in [0.29, 0.717) is 108 Å². The van der Waals surface area contributed by atoms with Gasteiger partial charge in [-0.1, -0.05) is 73.3 Å². The fourth-order valence-electron chi connectivity index (χ4n) is 13.0. The number of para-hydroxylation sites is 3. The van der Waals surface area contributed by atoms with Crippen molar-refractivity contribution in [3.05, 3.63) is 219 Å². The van der Waals surface area contributed by atoms with Gasteiger partial charge in [-0.3, -0.25) is 9.59 Å². The van der Waals surface area contributed by atoms with Crippen molar-refractivity contribution in [1.29, 1.82) is 0 Å². The lowest BCUT2D eigenvalue weighted by molar-refractivity contribution is -0.128. The lowest BCUT2D eigenvalue weighted by atomic mass is 10.1. The minimum absolute atomic E-state index is 0.00851. The number of allylic oxidation sites excluding steroid dienone is 1. The molecule has 530 valence electrons. The van der Waals surface area contributed by atoms with E-state index in [1.54, 1.807) is 36.1 Å². The number of methoxy groups -OCH3 is 1. The number of nitrogens with zero attached hydrogens (tertiary/aromatic N) is 15. The first kappa shape index (κ1) is 70.2. The predicted molar refractivity (Wildman–Crippen MR) is 400 cm³/mol. The van der Waals surface area contributed by atoms with Gasteiger partial charge in [-0.15, -0.1) is 0 Å². The van der Waals surface area contributed by atoms with E-state index < -0.39 is 10.0 Å². The van der Waals surface area contributed by atoms with Gasteiger partial charge in [-0.2, -0.15) is 19.6 Å². The number of piperidine rings is 3. The van der Waals surface area contributed by atoms with Crippen LogP contribution in [0.5, 0.6) is 34.5 Å². The summed E-state index contributed by atoms with van der Waals surface area (Å²) in [6.07, 6.45) is 16.0. The van der Waals surface area contributed by atoms with E-state index in [4.69, 9.17) is 51.4 Å². The fraction of sp³-hybridized carbons (Fsp3) is 0.234. The number of amides is 2. The lowest BCUT2D eigenvalue weighted by Crippen LogP contribution is -2.40. The van der Waals surface area contributed by atoms with E-state index in [0.717, 1.165) is 101 Å². The Labute approximate surface area is 600 Å². The normalized spacial score (nSPS) is 16.4. The van der Waals surface area contributed by atoms with Gasteiger partial charge in [0.25, 0.3) is 0 Å². The van der Waals surface area contributed by atoms with Gasteiger partial charge in [0.05, 0.1) is 40.9 Å². The van der Waals surface area contributed by atoms with Crippen LogP contribution in [0.3, 0.4) is 0 Å². The second-order valence-electron chi connectivity index (χ2n) is 25.0. The number of hydrogen-bond donors (Lipinski definition) is 3. The maximum Gasteiger partial charge on any atom is 0.246 e. The number of rotatable bonds is 18. The number of nitrogens with two attached hydrogens (primary N) is 3. The standard InChI is InChI=1S/C27H28N6O3.C26H26N6O2.C24H24N6O3S/c1-35-16-6-10-23(34)32-15-5-7-20(17-32)33-27-24(26(28)29-18-30-27)25(31-33)19-11-13-22(14-12-19)36-21-8-3-2-4-9-21;1-2-7-22(33)31-15-6-8-19(16-31)32-26-23(25(27)28-17-29-26)24(30-32)18-11-13-21(14-12-18)34-20-9-4-3-5-10-20;1-2-34(31,32)29-14-6-7-18(15-29)30-24-21(23(25)26-16-27-24)22(28-30)17-10-12-20(13-11-17)33-19-8-4-3-5-9-19/h2-4,6,8-14,18,20H,5,7,15-17H2,1H3,(H2,28,29,30);2-5,7,9-14,17,19H,6,8,15-16H2,1H3,(H2,27,28,29);2-5,8-13,16,18H,1,6-7,14-15H2,(H2,25,26,27)/b10-6+;7-2+;. The molecule has 3 aliphatic heterocycles. The number of aromatic nitrogens is 12. The summed E-state index contributed by atoms with van der Waals surface area (Å²) in [6.45, 7) is 9.01. The van der Waals surface area contributed by atoms with E-state index in [1.165, 1.54) is 23.3 Å². The summed E-state index contributed by atoms with van der Waals surface area (Å²) < 4.78 is 54.5. The molecule has 6 aromatic carbocycles.